The number of methoxy groups -OCH3 is 2. The number of benzene rings is 2. The summed E-state index contributed by atoms with van der Waals surface area (Å²) in [6.07, 6.45) is 7.99. The fraction of sp³-hybridized carbons (Fsp3) is 0.290. The molecule has 0 bridgehead atoms. The smallest absolute Gasteiger partial charge is 0.242 e. The van der Waals surface area contributed by atoms with Gasteiger partial charge < -0.3 is 19.7 Å². The summed E-state index contributed by atoms with van der Waals surface area (Å²) < 4.78 is 38.8. The predicted octanol–water partition coefficient (Wildman–Crippen LogP) is 2.02. The number of phenolic OH excluding ortho intramolecular Hbond substituents is 2. The molecule has 2 heterocycles. The molecule has 2 aromatic carbocycles. The van der Waals surface area contributed by atoms with Crippen LogP contribution in [0.2, 0.25) is 0 Å². The van der Waals surface area contributed by atoms with E-state index in [0.717, 1.165) is 0 Å². The van der Waals surface area contributed by atoms with E-state index in [1.807, 2.05) is 0 Å². The second-order valence-corrected chi connectivity index (χ2v) is 12.6. The number of phenols is 2. The first-order valence-electron chi connectivity index (χ1n) is 15.0. The fourth-order valence-corrected chi connectivity index (χ4v) is 6.33. The van der Waals surface area contributed by atoms with Crippen molar-refractivity contribution in [3.05, 3.63) is 99.0 Å². The summed E-state index contributed by atoms with van der Waals surface area (Å²) in [6, 6.07) is 9.75. The van der Waals surface area contributed by atoms with Crippen LogP contribution in [0.4, 0.5) is 0 Å². The maximum atomic E-state index is 13.6. The van der Waals surface area contributed by atoms with Gasteiger partial charge in [-0.25, -0.2) is 8.42 Å². The van der Waals surface area contributed by atoms with Crippen molar-refractivity contribution in [1.29, 1.82) is 0 Å². The Balaban J connectivity index is 1.60. The number of hydrogen-bond acceptors (Lipinski definition) is 14. The number of hydrogen-bond donors (Lipinski definition) is 2. The number of tetrazole rings is 2. The molecule has 18 heteroatoms. The van der Waals surface area contributed by atoms with Crippen LogP contribution in [-0.2, 0) is 19.5 Å². The minimum atomic E-state index is -3.89. The lowest BCUT2D eigenvalue weighted by atomic mass is 9.87. The van der Waals surface area contributed by atoms with Crippen molar-refractivity contribution in [3.63, 3.8) is 0 Å². The number of allylic oxidation sites excluding steroid dienone is 4. The highest BCUT2D eigenvalue weighted by Crippen LogP contribution is 2.40. The molecule has 2 N–H and O–H groups in total. The first kappa shape index (κ1) is 34.9. The van der Waals surface area contributed by atoms with Gasteiger partial charge in [0.15, 0.2) is 11.6 Å². The Hall–Kier alpha value is -5.43. The van der Waals surface area contributed by atoms with Gasteiger partial charge >= 0.3 is 0 Å². The molecule has 0 spiro atoms. The van der Waals surface area contributed by atoms with Gasteiger partial charge in [0.05, 0.1) is 30.5 Å². The van der Waals surface area contributed by atoms with Crippen molar-refractivity contribution < 1.29 is 28.1 Å². The summed E-state index contributed by atoms with van der Waals surface area (Å²) >= 11 is 0. The predicted molar refractivity (Wildman–Crippen MR) is 179 cm³/mol. The summed E-state index contributed by atoms with van der Waals surface area (Å²) in [7, 11) is -0.876. The van der Waals surface area contributed by atoms with Crippen LogP contribution in [0.3, 0.4) is 0 Å². The van der Waals surface area contributed by atoms with Gasteiger partial charge in [0.25, 0.3) is 0 Å². The van der Waals surface area contributed by atoms with Gasteiger partial charge in [0.1, 0.15) is 11.5 Å². The molecule has 256 valence electrons. The molecule has 0 unspecified atom stereocenters. The lowest BCUT2D eigenvalue weighted by Gasteiger charge is -2.24. The molecule has 17 nitrogen and oxygen atoms in total. The molecule has 0 saturated carbocycles. The SMILES string of the molecule is COCCN(CCOC)S(=O)(=O)C1=CCC(=C(c2cc(/C=N/n3nnnc3C)ccc2O)c2cc(/C=N/n3nnnc3C)ccc2O)C=C1. The van der Waals surface area contributed by atoms with Gasteiger partial charge in [0.2, 0.25) is 10.0 Å². The summed E-state index contributed by atoms with van der Waals surface area (Å²) in [5.74, 6) is 0.793. The van der Waals surface area contributed by atoms with E-state index >= 15 is 0 Å². The molecule has 0 aliphatic heterocycles. The molecule has 0 fully saturated rings. The van der Waals surface area contributed by atoms with Gasteiger partial charge in [-0.15, -0.1) is 19.8 Å². The zero-order chi connectivity index (χ0) is 35.0. The normalized spacial score (nSPS) is 13.7. The Bertz CT molecular complexity index is 1950. The first-order valence-corrected chi connectivity index (χ1v) is 16.4. The van der Waals surface area contributed by atoms with Crippen molar-refractivity contribution in [2.75, 3.05) is 40.5 Å². The van der Waals surface area contributed by atoms with E-state index < -0.39 is 10.0 Å². The molecule has 2 aromatic heterocycles. The van der Waals surface area contributed by atoms with Gasteiger partial charge in [-0.2, -0.15) is 14.5 Å². The van der Waals surface area contributed by atoms with Crippen LogP contribution >= 0.6 is 0 Å². The second kappa shape index (κ2) is 15.6. The highest BCUT2D eigenvalue weighted by molar-refractivity contribution is 7.93. The topological polar surface area (TPSA) is 208 Å². The average Bonchev–Trinajstić information content (AvgIpc) is 3.71. The van der Waals surface area contributed by atoms with Crippen molar-refractivity contribution in [1.82, 2.24) is 44.9 Å². The van der Waals surface area contributed by atoms with Crippen LogP contribution in [-0.4, -0.2) is 117 Å². The number of nitrogens with zero attached hydrogens (tertiary/aromatic N) is 11. The minimum absolute atomic E-state index is 0.0813. The number of aryl methyl sites for hydroxylation is 2. The Kier molecular flexibility index (Phi) is 11.1. The Morgan fingerprint density at radius 3 is 1.78 bits per heavy atom. The fourth-order valence-electron chi connectivity index (χ4n) is 4.86. The number of aromatic nitrogens is 8. The zero-order valence-corrected chi connectivity index (χ0v) is 28.1. The van der Waals surface area contributed by atoms with Crippen LogP contribution in [0.25, 0.3) is 5.57 Å². The average molecular weight is 690 g/mol. The van der Waals surface area contributed by atoms with Gasteiger partial charge in [-0.3, -0.25) is 0 Å². The van der Waals surface area contributed by atoms with E-state index in [0.29, 0.717) is 45.0 Å². The quantitative estimate of drug-likeness (QED) is 0.182. The Morgan fingerprint density at radius 1 is 0.857 bits per heavy atom. The Morgan fingerprint density at radius 2 is 1.37 bits per heavy atom. The molecule has 1 aliphatic carbocycles. The van der Waals surface area contributed by atoms with Crippen molar-refractivity contribution in [2.24, 2.45) is 10.2 Å². The molecule has 0 atom stereocenters. The standard InChI is InChI=1S/C31H35N11O6S/c1-21-34-36-38-41(21)32-19-23-5-11-29(43)27(17-23)31(28-18-24(6-12-30(28)44)20-33-42-22(2)35-37-39-42)25-7-9-26(10-8-25)49(45,46)40(13-15-47-3)14-16-48-4/h5-7,9-12,17-20,43-44H,8,13-16H2,1-4H3/b32-19+,33-20+. The molecule has 49 heavy (non-hydrogen) atoms. The summed E-state index contributed by atoms with van der Waals surface area (Å²) in [5, 5.41) is 53.5. The molecule has 1 aliphatic rings. The number of rotatable bonds is 14. The van der Waals surface area contributed by atoms with Crippen molar-refractivity contribution >= 4 is 28.0 Å². The highest BCUT2D eigenvalue weighted by Gasteiger charge is 2.27. The van der Waals surface area contributed by atoms with Crippen LogP contribution in [0.5, 0.6) is 11.5 Å². The maximum absolute atomic E-state index is 13.6. The summed E-state index contributed by atoms with van der Waals surface area (Å²) in [5.41, 5.74) is 2.99. The van der Waals surface area contributed by atoms with Crippen molar-refractivity contribution in [2.45, 2.75) is 20.3 Å². The third-order valence-corrected chi connectivity index (χ3v) is 9.38. The van der Waals surface area contributed by atoms with Gasteiger partial charge in [-0.05, 0) is 106 Å². The van der Waals surface area contributed by atoms with E-state index in [2.05, 4.69) is 41.3 Å². The van der Waals surface area contributed by atoms with Crippen molar-refractivity contribution in [3.8, 4) is 11.5 Å². The molecule has 4 aromatic rings. The van der Waals surface area contributed by atoms with Crippen LogP contribution in [0, 0.1) is 13.8 Å². The molecule has 0 radical (unpaired) electrons. The van der Waals surface area contributed by atoms with E-state index in [-0.39, 0.29) is 49.1 Å². The van der Waals surface area contributed by atoms with Gasteiger partial charge in [0, 0.05) is 38.4 Å². The number of sulfonamides is 1. The van der Waals surface area contributed by atoms with Crippen LogP contribution in [0.1, 0.15) is 40.3 Å². The molecule has 0 saturated heterocycles. The molecular formula is C31H35N11O6S. The third-order valence-electron chi connectivity index (χ3n) is 7.44. The Labute approximate surface area is 282 Å². The van der Waals surface area contributed by atoms with E-state index in [1.165, 1.54) is 58.7 Å². The van der Waals surface area contributed by atoms with Crippen LogP contribution in [0.15, 0.2) is 75.3 Å². The van der Waals surface area contributed by atoms with E-state index in [1.54, 1.807) is 50.3 Å². The first-order chi connectivity index (χ1) is 23.6. The summed E-state index contributed by atoms with van der Waals surface area (Å²) in [4.78, 5) is 2.62. The molecule has 5 rings (SSSR count). The van der Waals surface area contributed by atoms with Crippen LogP contribution < -0.4 is 0 Å². The highest BCUT2D eigenvalue weighted by atomic mass is 32.2. The second-order valence-electron chi connectivity index (χ2n) is 10.7. The maximum Gasteiger partial charge on any atom is 0.242 e. The lowest BCUT2D eigenvalue weighted by molar-refractivity contribution is 0.151. The van der Waals surface area contributed by atoms with E-state index in [9.17, 15) is 18.6 Å². The van der Waals surface area contributed by atoms with Gasteiger partial charge in [-0.1, -0.05) is 12.2 Å². The largest absolute Gasteiger partial charge is 0.507 e. The minimum Gasteiger partial charge on any atom is -0.507 e. The van der Waals surface area contributed by atoms with E-state index in [4.69, 9.17) is 9.47 Å². The lowest BCUT2D eigenvalue weighted by Crippen LogP contribution is -2.37. The molecule has 0 amide bonds. The number of aromatic hydroxyl groups is 2. The number of ether oxygens (including phenoxy) is 2. The molecular weight excluding hydrogens is 654 g/mol. The monoisotopic (exact) mass is 689 g/mol. The zero-order valence-electron chi connectivity index (χ0n) is 27.2. The summed E-state index contributed by atoms with van der Waals surface area (Å²) in [6.45, 7) is 4.14. The third kappa shape index (κ3) is 8.18.